The number of carboxylic acid groups (broad SMARTS) is 1. The van der Waals surface area contributed by atoms with Crippen molar-refractivity contribution in [3.8, 4) is 0 Å². The molecule has 0 atom stereocenters. The Morgan fingerprint density at radius 3 is 2.48 bits per heavy atom. The topological polar surface area (TPSA) is 49.3 Å². The van der Waals surface area contributed by atoms with E-state index in [0.717, 1.165) is 23.4 Å². The van der Waals surface area contributed by atoms with Crippen LogP contribution in [0.25, 0.3) is 6.08 Å². The normalized spacial score (nSPS) is 11.6. The van der Waals surface area contributed by atoms with Crippen molar-refractivity contribution in [2.24, 2.45) is 0 Å². The van der Waals surface area contributed by atoms with Gasteiger partial charge in [-0.1, -0.05) is 36.4 Å². The number of aryl methyl sites for hydroxylation is 1. The first-order valence-corrected chi connectivity index (χ1v) is 7.73. The van der Waals surface area contributed by atoms with Gasteiger partial charge in [0, 0.05) is 18.7 Å². The summed E-state index contributed by atoms with van der Waals surface area (Å²) < 4.78 is 37.9. The van der Waals surface area contributed by atoms with Crippen LogP contribution >= 0.6 is 0 Å². The highest BCUT2D eigenvalue weighted by Crippen LogP contribution is 2.29. The Balaban J connectivity index is 1.86. The first kappa shape index (κ1) is 18.6. The number of hydrogen-bond acceptors (Lipinski definition) is 2. The zero-order valence-electron chi connectivity index (χ0n) is 13.4. The van der Waals surface area contributed by atoms with Gasteiger partial charge in [0.25, 0.3) is 0 Å². The Labute approximate surface area is 143 Å². The van der Waals surface area contributed by atoms with Crippen molar-refractivity contribution in [2.45, 2.75) is 19.0 Å². The summed E-state index contributed by atoms with van der Waals surface area (Å²) in [7, 11) is 0. The molecule has 0 saturated heterocycles. The van der Waals surface area contributed by atoms with Crippen LogP contribution in [0.4, 0.5) is 18.9 Å². The molecule has 132 valence electrons. The Kier molecular flexibility index (Phi) is 6.22. The number of alkyl halides is 3. The van der Waals surface area contributed by atoms with Crippen LogP contribution in [-0.2, 0) is 17.4 Å². The van der Waals surface area contributed by atoms with Gasteiger partial charge in [-0.25, -0.2) is 0 Å². The molecule has 6 heteroatoms. The third-order valence-electron chi connectivity index (χ3n) is 3.53. The molecule has 2 rings (SSSR count). The minimum absolute atomic E-state index is 0.0898. The van der Waals surface area contributed by atoms with Gasteiger partial charge < -0.3 is 10.4 Å². The third kappa shape index (κ3) is 6.33. The van der Waals surface area contributed by atoms with Crippen LogP contribution < -0.4 is 5.32 Å². The average Bonchev–Trinajstić information content (AvgIpc) is 2.57. The maximum atomic E-state index is 12.6. The minimum atomic E-state index is -4.34. The Morgan fingerprint density at radius 2 is 1.84 bits per heavy atom. The number of anilines is 1. The quantitative estimate of drug-likeness (QED) is 0.751. The van der Waals surface area contributed by atoms with Crippen LogP contribution in [0, 0.1) is 0 Å². The predicted molar refractivity (Wildman–Crippen MR) is 91.4 cm³/mol. The number of rotatable bonds is 7. The van der Waals surface area contributed by atoms with Crippen LogP contribution in [0.1, 0.15) is 23.1 Å². The van der Waals surface area contributed by atoms with Gasteiger partial charge >= 0.3 is 12.1 Å². The van der Waals surface area contributed by atoms with Crippen LogP contribution in [0.15, 0.2) is 54.6 Å². The van der Waals surface area contributed by atoms with E-state index in [1.165, 1.54) is 6.07 Å². The summed E-state index contributed by atoms with van der Waals surface area (Å²) >= 11 is 0. The summed E-state index contributed by atoms with van der Waals surface area (Å²) in [5, 5.41) is 11.8. The number of aliphatic carboxylic acids is 1. The summed E-state index contributed by atoms with van der Waals surface area (Å²) in [6.07, 6.45) is -0.403. The molecule has 25 heavy (non-hydrogen) atoms. The van der Waals surface area contributed by atoms with Crippen molar-refractivity contribution in [3.63, 3.8) is 0 Å². The molecule has 2 aromatic carbocycles. The van der Waals surface area contributed by atoms with Gasteiger partial charge in [-0.3, -0.25) is 4.79 Å². The standard InChI is InChI=1S/C19H18F3NO2/c20-19(21,22)16-5-1-3-15(13-16)4-2-12-23-17-9-6-14(7-10-17)8-11-18(24)25/h1-7,9-10,13,23H,8,11-12H2,(H,24,25). The van der Waals surface area contributed by atoms with Crippen molar-refractivity contribution in [1.29, 1.82) is 0 Å². The van der Waals surface area contributed by atoms with Crippen molar-refractivity contribution < 1.29 is 23.1 Å². The molecule has 0 bridgehead atoms. The molecule has 0 unspecified atom stereocenters. The highest BCUT2D eigenvalue weighted by molar-refractivity contribution is 5.67. The van der Waals surface area contributed by atoms with Gasteiger partial charge in [0.1, 0.15) is 0 Å². The number of nitrogens with one attached hydrogen (secondary N) is 1. The number of hydrogen-bond donors (Lipinski definition) is 2. The lowest BCUT2D eigenvalue weighted by molar-refractivity contribution is -0.138. The van der Waals surface area contributed by atoms with E-state index in [2.05, 4.69) is 5.32 Å². The lowest BCUT2D eigenvalue weighted by Crippen LogP contribution is -2.04. The second-order valence-corrected chi connectivity index (χ2v) is 5.50. The molecule has 0 amide bonds. The molecule has 0 heterocycles. The summed E-state index contributed by atoms with van der Waals surface area (Å²) in [5.74, 6) is -0.832. The highest BCUT2D eigenvalue weighted by atomic mass is 19.4. The largest absolute Gasteiger partial charge is 0.481 e. The number of carboxylic acids is 1. The average molecular weight is 349 g/mol. The van der Waals surface area contributed by atoms with Gasteiger partial charge in [0.05, 0.1) is 5.56 Å². The van der Waals surface area contributed by atoms with Crippen LogP contribution in [0.5, 0.6) is 0 Å². The van der Waals surface area contributed by atoms with Crippen LogP contribution in [0.3, 0.4) is 0 Å². The maximum absolute atomic E-state index is 12.6. The van der Waals surface area contributed by atoms with E-state index in [9.17, 15) is 18.0 Å². The fourth-order valence-corrected chi connectivity index (χ4v) is 2.23. The molecule has 0 radical (unpaired) electrons. The molecular weight excluding hydrogens is 331 g/mol. The van der Waals surface area contributed by atoms with Crippen LogP contribution in [0.2, 0.25) is 0 Å². The zero-order chi connectivity index (χ0) is 18.3. The fourth-order valence-electron chi connectivity index (χ4n) is 2.23. The lowest BCUT2D eigenvalue weighted by Gasteiger charge is -2.07. The molecule has 0 aliphatic rings. The highest BCUT2D eigenvalue weighted by Gasteiger charge is 2.30. The smallest absolute Gasteiger partial charge is 0.416 e. The summed E-state index contributed by atoms with van der Waals surface area (Å²) in [5.41, 5.74) is 1.61. The Bertz CT molecular complexity index is 737. The first-order valence-electron chi connectivity index (χ1n) is 7.73. The van der Waals surface area contributed by atoms with E-state index in [1.807, 2.05) is 24.3 Å². The monoisotopic (exact) mass is 349 g/mol. The molecular formula is C19H18F3NO2. The molecule has 0 saturated carbocycles. The van der Waals surface area contributed by atoms with Gasteiger partial charge in [0.15, 0.2) is 0 Å². The molecule has 0 fully saturated rings. The second-order valence-electron chi connectivity index (χ2n) is 5.50. The van der Waals surface area contributed by atoms with E-state index in [1.54, 1.807) is 18.2 Å². The summed E-state index contributed by atoms with van der Waals surface area (Å²) in [6.45, 7) is 0.463. The van der Waals surface area contributed by atoms with Crippen molar-refractivity contribution in [2.75, 3.05) is 11.9 Å². The lowest BCUT2D eigenvalue weighted by atomic mass is 10.1. The molecule has 0 aliphatic heterocycles. The molecule has 3 nitrogen and oxygen atoms in total. The van der Waals surface area contributed by atoms with Gasteiger partial charge in [-0.05, 0) is 41.8 Å². The molecule has 0 spiro atoms. The van der Waals surface area contributed by atoms with Gasteiger partial charge in [0.2, 0.25) is 0 Å². The molecule has 0 aromatic heterocycles. The molecule has 2 N–H and O–H groups in total. The van der Waals surface area contributed by atoms with Gasteiger partial charge in [-0.15, -0.1) is 0 Å². The third-order valence-corrected chi connectivity index (χ3v) is 3.53. The Hall–Kier alpha value is -2.76. The van der Waals surface area contributed by atoms with Crippen molar-refractivity contribution >= 4 is 17.7 Å². The predicted octanol–water partition coefficient (Wildman–Crippen LogP) is 4.85. The number of benzene rings is 2. The van der Waals surface area contributed by atoms with E-state index in [4.69, 9.17) is 5.11 Å². The summed E-state index contributed by atoms with van der Waals surface area (Å²) in [6, 6.07) is 12.5. The van der Waals surface area contributed by atoms with E-state index in [-0.39, 0.29) is 6.42 Å². The second kappa shape index (κ2) is 8.37. The Morgan fingerprint density at radius 1 is 1.12 bits per heavy atom. The van der Waals surface area contributed by atoms with Gasteiger partial charge in [-0.2, -0.15) is 13.2 Å². The molecule has 0 aliphatic carbocycles. The van der Waals surface area contributed by atoms with Crippen molar-refractivity contribution in [3.05, 3.63) is 71.3 Å². The van der Waals surface area contributed by atoms with Crippen molar-refractivity contribution in [1.82, 2.24) is 0 Å². The number of carbonyl (C=O) groups is 1. The van der Waals surface area contributed by atoms with Crippen LogP contribution in [-0.4, -0.2) is 17.6 Å². The minimum Gasteiger partial charge on any atom is -0.481 e. The first-order chi connectivity index (χ1) is 11.8. The fraction of sp³-hybridized carbons (Fsp3) is 0.211. The molecule has 2 aromatic rings. The van der Waals surface area contributed by atoms with E-state index in [0.29, 0.717) is 18.5 Å². The number of halogens is 3. The van der Waals surface area contributed by atoms with E-state index >= 15 is 0 Å². The summed E-state index contributed by atoms with van der Waals surface area (Å²) in [4.78, 5) is 10.5. The van der Waals surface area contributed by atoms with E-state index < -0.39 is 17.7 Å². The zero-order valence-corrected chi connectivity index (χ0v) is 13.4. The SMILES string of the molecule is O=C(O)CCc1ccc(NCC=Cc2cccc(C(F)(F)F)c2)cc1. The maximum Gasteiger partial charge on any atom is 0.416 e.